The van der Waals surface area contributed by atoms with E-state index < -0.39 is 6.10 Å². The van der Waals surface area contributed by atoms with Crippen LogP contribution in [-0.2, 0) is 0 Å². The molecule has 0 spiro atoms. The summed E-state index contributed by atoms with van der Waals surface area (Å²) >= 11 is 0. The summed E-state index contributed by atoms with van der Waals surface area (Å²) in [6, 6.07) is 0. The van der Waals surface area contributed by atoms with Crippen molar-refractivity contribution in [3.05, 3.63) is 11.6 Å². The predicted molar refractivity (Wildman–Crippen MR) is 85.1 cm³/mol. The summed E-state index contributed by atoms with van der Waals surface area (Å²) in [4.78, 5) is 0. The third kappa shape index (κ3) is 1.85. The monoisotopic (exact) mass is 306 g/mol. The van der Waals surface area contributed by atoms with Gasteiger partial charge in [-0.1, -0.05) is 25.5 Å². The smallest absolute Gasteiger partial charge is 0.0757 e. The molecule has 3 fully saturated rings. The Balaban J connectivity index is 1.73. The average Bonchev–Trinajstić information content (AvgIpc) is 2.77. The zero-order chi connectivity index (χ0) is 15.7. The van der Waals surface area contributed by atoms with E-state index in [9.17, 15) is 15.3 Å². The minimum absolute atomic E-state index is 0.00195. The molecule has 4 rings (SSSR count). The van der Waals surface area contributed by atoms with Crippen molar-refractivity contribution in [2.45, 2.75) is 77.1 Å². The zero-order valence-electron chi connectivity index (χ0n) is 13.8. The Labute approximate surface area is 133 Å². The number of rotatable bonds is 0. The Morgan fingerprint density at radius 2 is 1.73 bits per heavy atom. The van der Waals surface area contributed by atoms with Gasteiger partial charge in [0.1, 0.15) is 0 Å². The van der Waals surface area contributed by atoms with Crippen molar-refractivity contribution in [1.29, 1.82) is 0 Å². The van der Waals surface area contributed by atoms with Crippen molar-refractivity contribution < 1.29 is 15.3 Å². The fourth-order valence-corrected chi connectivity index (χ4v) is 6.60. The molecule has 1 unspecified atom stereocenters. The molecule has 3 saturated carbocycles. The van der Waals surface area contributed by atoms with Crippen LogP contribution in [0.5, 0.6) is 0 Å². The summed E-state index contributed by atoms with van der Waals surface area (Å²) in [5, 5.41) is 31.3. The second kappa shape index (κ2) is 4.81. The van der Waals surface area contributed by atoms with Crippen LogP contribution in [0.3, 0.4) is 0 Å². The minimum Gasteiger partial charge on any atom is -0.393 e. The van der Waals surface area contributed by atoms with Crippen molar-refractivity contribution >= 4 is 0 Å². The molecule has 3 N–H and O–H groups in total. The largest absolute Gasteiger partial charge is 0.393 e. The highest BCUT2D eigenvalue weighted by atomic mass is 16.3. The van der Waals surface area contributed by atoms with Crippen LogP contribution in [0.25, 0.3) is 0 Å². The summed E-state index contributed by atoms with van der Waals surface area (Å²) in [6.45, 7) is 4.60. The number of fused-ring (bicyclic) bond motifs is 5. The SMILES string of the molecule is C[C@]12CC[C@H](O)CC1=C[C@H](O)[C@@H]1[C@@H]2CC[C@]2(C)C(O)CC[C@@H]12. The van der Waals surface area contributed by atoms with Crippen molar-refractivity contribution in [3.63, 3.8) is 0 Å². The van der Waals surface area contributed by atoms with E-state index in [0.717, 1.165) is 44.9 Å². The topological polar surface area (TPSA) is 60.7 Å². The Hall–Kier alpha value is -0.380. The first-order valence-corrected chi connectivity index (χ1v) is 9.11. The highest BCUT2D eigenvalue weighted by Crippen LogP contribution is 2.64. The molecule has 0 aromatic carbocycles. The van der Waals surface area contributed by atoms with E-state index in [1.807, 2.05) is 0 Å². The average molecular weight is 306 g/mol. The van der Waals surface area contributed by atoms with Gasteiger partial charge in [0, 0.05) is 0 Å². The maximum atomic E-state index is 10.9. The molecule has 8 atom stereocenters. The highest BCUT2D eigenvalue weighted by molar-refractivity contribution is 5.27. The van der Waals surface area contributed by atoms with Crippen molar-refractivity contribution in [3.8, 4) is 0 Å². The Morgan fingerprint density at radius 3 is 2.50 bits per heavy atom. The van der Waals surface area contributed by atoms with E-state index in [1.54, 1.807) is 0 Å². The fraction of sp³-hybridized carbons (Fsp3) is 0.895. The van der Waals surface area contributed by atoms with Gasteiger partial charge in [0.25, 0.3) is 0 Å². The van der Waals surface area contributed by atoms with Crippen LogP contribution in [-0.4, -0.2) is 33.6 Å². The lowest BCUT2D eigenvalue weighted by Gasteiger charge is -2.58. The van der Waals surface area contributed by atoms with E-state index in [2.05, 4.69) is 19.9 Å². The summed E-state index contributed by atoms with van der Waals surface area (Å²) in [6.07, 6.45) is 8.05. The predicted octanol–water partition coefficient (Wildman–Crippen LogP) is 2.64. The molecule has 3 heteroatoms. The van der Waals surface area contributed by atoms with Gasteiger partial charge >= 0.3 is 0 Å². The first-order chi connectivity index (χ1) is 10.4. The van der Waals surface area contributed by atoms with E-state index in [1.165, 1.54) is 5.57 Å². The molecule has 0 heterocycles. The van der Waals surface area contributed by atoms with Crippen LogP contribution in [0.2, 0.25) is 0 Å². The van der Waals surface area contributed by atoms with Crippen LogP contribution >= 0.6 is 0 Å². The van der Waals surface area contributed by atoms with Crippen LogP contribution in [0.15, 0.2) is 11.6 Å². The fourth-order valence-electron chi connectivity index (χ4n) is 6.60. The molecular formula is C19H30O3. The number of hydrogen-bond acceptors (Lipinski definition) is 3. The Morgan fingerprint density at radius 1 is 0.955 bits per heavy atom. The first kappa shape index (κ1) is 15.2. The maximum Gasteiger partial charge on any atom is 0.0757 e. The van der Waals surface area contributed by atoms with Crippen molar-refractivity contribution in [2.24, 2.45) is 28.6 Å². The summed E-state index contributed by atoms with van der Waals surface area (Å²) in [5.41, 5.74) is 1.44. The van der Waals surface area contributed by atoms with Gasteiger partial charge in [-0.2, -0.15) is 0 Å². The van der Waals surface area contributed by atoms with E-state index in [0.29, 0.717) is 17.8 Å². The molecule has 22 heavy (non-hydrogen) atoms. The van der Waals surface area contributed by atoms with Crippen LogP contribution in [0.4, 0.5) is 0 Å². The Bertz CT molecular complexity index is 501. The number of hydrogen-bond donors (Lipinski definition) is 3. The lowest BCUT2D eigenvalue weighted by molar-refractivity contribution is -0.105. The van der Waals surface area contributed by atoms with Gasteiger partial charge in [0.2, 0.25) is 0 Å². The molecule has 0 radical (unpaired) electrons. The highest BCUT2D eigenvalue weighted by Gasteiger charge is 2.60. The van der Waals surface area contributed by atoms with Gasteiger partial charge in [-0.15, -0.1) is 0 Å². The first-order valence-electron chi connectivity index (χ1n) is 9.11. The maximum absolute atomic E-state index is 10.9. The van der Waals surface area contributed by atoms with Gasteiger partial charge in [-0.25, -0.2) is 0 Å². The van der Waals surface area contributed by atoms with Gasteiger partial charge in [-0.05, 0) is 73.5 Å². The van der Waals surface area contributed by atoms with Crippen molar-refractivity contribution in [2.75, 3.05) is 0 Å². The van der Waals surface area contributed by atoms with Gasteiger partial charge in [-0.3, -0.25) is 0 Å². The van der Waals surface area contributed by atoms with Gasteiger partial charge in [0.15, 0.2) is 0 Å². The normalized spacial score (nSPS) is 57.6. The molecule has 0 bridgehead atoms. The minimum atomic E-state index is -0.395. The molecule has 0 amide bonds. The van der Waals surface area contributed by atoms with Crippen LogP contribution in [0, 0.1) is 28.6 Å². The second-order valence-electron chi connectivity index (χ2n) is 8.92. The Kier molecular flexibility index (Phi) is 3.32. The molecule has 0 aromatic rings. The quantitative estimate of drug-likeness (QED) is 0.603. The molecule has 4 aliphatic rings. The third-order valence-electron chi connectivity index (χ3n) is 8.05. The van der Waals surface area contributed by atoms with Gasteiger partial charge in [0.05, 0.1) is 18.3 Å². The lowest BCUT2D eigenvalue weighted by Crippen LogP contribution is -2.55. The molecule has 0 aromatic heterocycles. The molecule has 0 aliphatic heterocycles. The molecule has 3 nitrogen and oxygen atoms in total. The second-order valence-corrected chi connectivity index (χ2v) is 8.92. The lowest BCUT2D eigenvalue weighted by atomic mass is 9.47. The number of aliphatic hydroxyl groups is 3. The standard InChI is InChI=1S/C19H30O3/c1-18-7-5-12(20)9-11(18)10-15(21)17-13-3-4-16(22)19(13,2)8-6-14(17)18/h10,12-17,20-22H,3-9H2,1-2H3/t12-,13-,14-,15-,16?,17-,18-,19-/m0/s1. The summed E-state index contributed by atoms with van der Waals surface area (Å²) in [7, 11) is 0. The molecule has 4 aliphatic carbocycles. The van der Waals surface area contributed by atoms with E-state index >= 15 is 0 Å². The number of aliphatic hydroxyl groups excluding tert-OH is 3. The van der Waals surface area contributed by atoms with E-state index in [-0.39, 0.29) is 23.0 Å². The van der Waals surface area contributed by atoms with Gasteiger partial charge < -0.3 is 15.3 Å². The van der Waals surface area contributed by atoms with Crippen LogP contribution in [0.1, 0.15) is 58.8 Å². The van der Waals surface area contributed by atoms with Crippen molar-refractivity contribution in [1.82, 2.24) is 0 Å². The van der Waals surface area contributed by atoms with E-state index in [4.69, 9.17) is 0 Å². The summed E-state index contributed by atoms with van der Waals surface area (Å²) < 4.78 is 0. The molecule has 124 valence electrons. The molecule has 0 saturated heterocycles. The third-order valence-corrected chi connectivity index (χ3v) is 8.05. The summed E-state index contributed by atoms with van der Waals surface area (Å²) in [5.74, 6) is 1.25. The zero-order valence-corrected chi connectivity index (χ0v) is 13.8. The van der Waals surface area contributed by atoms with Crippen LogP contribution < -0.4 is 0 Å². The molecular weight excluding hydrogens is 276 g/mol.